The second-order valence-corrected chi connectivity index (χ2v) is 8.47. The Kier molecular flexibility index (Phi) is 15.2. The van der Waals surface area contributed by atoms with Crippen LogP contribution in [0.4, 0.5) is 0 Å². The lowest BCUT2D eigenvalue weighted by Crippen LogP contribution is -2.21. The van der Waals surface area contributed by atoms with Crippen LogP contribution < -0.4 is 5.32 Å². The molecule has 0 bridgehead atoms. The number of carbonyl (C=O) groups is 1. The quantitative estimate of drug-likeness (QED) is 0.172. The van der Waals surface area contributed by atoms with Crippen LogP contribution in [0.3, 0.4) is 0 Å². The molecule has 1 amide bonds. The van der Waals surface area contributed by atoms with E-state index in [9.17, 15) is 4.79 Å². The molecule has 0 saturated heterocycles. The van der Waals surface area contributed by atoms with Crippen LogP contribution in [0.5, 0.6) is 0 Å². The first-order chi connectivity index (χ1) is 14.2. The standard InChI is InChI=1S/C27H45NO/c1-4-6-7-11-17-24(3)18-12-10-14-20-26-22-16-21-25(26)19-13-8-9-15-23-27(29)28-5-2/h6-8,11,13-14,17,20,24-26H,4-5,9-10,12,15-16,18-19,21-23H2,1-3H3,(H,28,29)/b7-6?,13-8-,17-11-,20-14+/t24?,25-,26-/m0/s1. The average molecular weight is 400 g/mol. The number of hydrogen-bond acceptors (Lipinski definition) is 1. The molecule has 1 saturated carbocycles. The molecule has 0 aliphatic heterocycles. The molecule has 0 spiro atoms. The summed E-state index contributed by atoms with van der Waals surface area (Å²) in [6, 6.07) is 0. The summed E-state index contributed by atoms with van der Waals surface area (Å²) in [6.45, 7) is 7.19. The minimum atomic E-state index is 0.181. The average Bonchev–Trinajstić information content (AvgIpc) is 3.15. The van der Waals surface area contributed by atoms with E-state index in [1.807, 2.05) is 6.92 Å². The molecule has 2 nitrogen and oxygen atoms in total. The van der Waals surface area contributed by atoms with Crippen molar-refractivity contribution in [2.45, 2.75) is 91.4 Å². The van der Waals surface area contributed by atoms with E-state index in [0.29, 0.717) is 12.3 Å². The van der Waals surface area contributed by atoms with Crippen LogP contribution in [-0.4, -0.2) is 12.5 Å². The number of nitrogens with one attached hydrogen (secondary N) is 1. The Bertz CT molecular complexity index is 529. The summed E-state index contributed by atoms with van der Waals surface area (Å²) in [4.78, 5) is 11.4. The fraction of sp³-hybridized carbons (Fsp3) is 0.667. The number of amides is 1. The molecule has 1 rings (SSSR count). The molecule has 1 fully saturated rings. The summed E-state index contributed by atoms with van der Waals surface area (Å²) in [5.74, 6) is 2.44. The van der Waals surface area contributed by atoms with Gasteiger partial charge >= 0.3 is 0 Å². The molecule has 0 aromatic heterocycles. The predicted molar refractivity (Wildman–Crippen MR) is 128 cm³/mol. The zero-order valence-electron chi connectivity index (χ0n) is 19.2. The van der Waals surface area contributed by atoms with Crippen LogP contribution in [0.2, 0.25) is 0 Å². The Morgan fingerprint density at radius 1 is 1.03 bits per heavy atom. The Hall–Kier alpha value is -1.57. The molecule has 0 heterocycles. The minimum Gasteiger partial charge on any atom is -0.356 e. The van der Waals surface area contributed by atoms with Gasteiger partial charge in [0.2, 0.25) is 5.91 Å². The molecule has 1 unspecified atom stereocenters. The monoisotopic (exact) mass is 399 g/mol. The second-order valence-electron chi connectivity index (χ2n) is 8.47. The molecule has 0 aromatic rings. The molecule has 0 aromatic carbocycles. The number of unbranched alkanes of at least 4 members (excludes halogenated alkanes) is 2. The molecule has 3 atom stereocenters. The lowest BCUT2D eigenvalue weighted by molar-refractivity contribution is -0.121. The maximum Gasteiger partial charge on any atom is 0.219 e. The van der Waals surface area contributed by atoms with Crippen LogP contribution in [0.25, 0.3) is 0 Å². The SMILES string of the molecule is CCC=C/C=C\C(C)CCC/C=C/[C@H]1CCC[C@@H]1C/C=C\CCCC(=O)NCC. The zero-order chi connectivity index (χ0) is 21.2. The Morgan fingerprint density at radius 3 is 2.66 bits per heavy atom. The third-order valence-electron chi connectivity index (χ3n) is 5.81. The molecule has 2 heteroatoms. The fourth-order valence-corrected chi connectivity index (χ4v) is 4.06. The Balaban J connectivity index is 2.17. The van der Waals surface area contributed by atoms with Gasteiger partial charge < -0.3 is 5.32 Å². The predicted octanol–water partition coefficient (Wildman–Crippen LogP) is 7.54. The van der Waals surface area contributed by atoms with Crippen LogP contribution >= 0.6 is 0 Å². The van der Waals surface area contributed by atoms with Crippen molar-refractivity contribution < 1.29 is 4.79 Å². The van der Waals surface area contributed by atoms with Gasteiger partial charge in [-0.3, -0.25) is 4.79 Å². The highest BCUT2D eigenvalue weighted by molar-refractivity contribution is 5.75. The molecule has 164 valence electrons. The van der Waals surface area contributed by atoms with Gasteiger partial charge in [0, 0.05) is 13.0 Å². The van der Waals surface area contributed by atoms with Gasteiger partial charge in [-0.2, -0.15) is 0 Å². The lowest BCUT2D eigenvalue weighted by atomic mass is 9.91. The van der Waals surface area contributed by atoms with Crippen LogP contribution in [-0.2, 0) is 4.79 Å². The highest BCUT2D eigenvalue weighted by atomic mass is 16.1. The topological polar surface area (TPSA) is 29.1 Å². The summed E-state index contributed by atoms with van der Waals surface area (Å²) in [7, 11) is 0. The van der Waals surface area contributed by atoms with Crippen molar-refractivity contribution in [1.82, 2.24) is 5.32 Å². The lowest BCUT2D eigenvalue weighted by Gasteiger charge is -2.14. The van der Waals surface area contributed by atoms with Crippen LogP contribution in [0.15, 0.2) is 48.6 Å². The molecule has 1 aliphatic rings. The normalized spacial score (nSPS) is 21.2. The highest BCUT2D eigenvalue weighted by Gasteiger charge is 2.23. The number of allylic oxidation sites excluding steroid dienone is 8. The van der Waals surface area contributed by atoms with Crippen LogP contribution in [0, 0.1) is 17.8 Å². The number of carbonyl (C=O) groups excluding carboxylic acids is 1. The van der Waals surface area contributed by atoms with Crippen molar-refractivity contribution in [3.8, 4) is 0 Å². The minimum absolute atomic E-state index is 0.181. The van der Waals surface area contributed by atoms with E-state index < -0.39 is 0 Å². The van der Waals surface area contributed by atoms with Gasteiger partial charge in [0.25, 0.3) is 0 Å². The van der Waals surface area contributed by atoms with E-state index in [0.717, 1.165) is 37.6 Å². The van der Waals surface area contributed by atoms with Crippen molar-refractivity contribution in [2.75, 3.05) is 6.54 Å². The zero-order valence-corrected chi connectivity index (χ0v) is 19.2. The first-order valence-corrected chi connectivity index (χ1v) is 12.1. The van der Waals surface area contributed by atoms with E-state index in [1.165, 1.54) is 44.9 Å². The summed E-state index contributed by atoms with van der Waals surface area (Å²) in [6.07, 6.45) is 31.3. The van der Waals surface area contributed by atoms with Gasteiger partial charge in [0.15, 0.2) is 0 Å². The van der Waals surface area contributed by atoms with Crippen molar-refractivity contribution in [3.05, 3.63) is 48.6 Å². The first kappa shape index (κ1) is 25.5. The summed E-state index contributed by atoms with van der Waals surface area (Å²) in [5.41, 5.74) is 0. The number of rotatable bonds is 15. The van der Waals surface area contributed by atoms with E-state index in [2.05, 4.69) is 67.8 Å². The molecule has 29 heavy (non-hydrogen) atoms. The number of hydrogen-bond donors (Lipinski definition) is 1. The molecule has 0 radical (unpaired) electrons. The van der Waals surface area contributed by atoms with Crippen LogP contribution in [0.1, 0.15) is 91.4 Å². The van der Waals surface area contributed by atoms with E-state index in [1.54, 1.807) is 0 Å². The molecular weight excluding hydrogens is 354 g/mol. The van der Waals surface area contributed by atoms with E-state index in [-0.39, 0.29) is 5.91 Å². The van der Waals surface area contributed by atoms with Gasteiger partial charge in [0.1, 0.15) is 0 Å². The van der Waals surface area contributed by atoms with Crippen molar-refractivity contribution >= 4 is 5.91 Å². The van der Waals surface area contributed by atoms with Gasteiger partial charge in [-0.05, 0) is 82.5 Å². The third kappa shape index (κ3) is 13.3. The smallest absolute Gasteiger partial charge is 0.219 e. The summed E-state index contributed by atoms with van der Waals surface area (Å²) >= 11 is 0. The summed E-state index contributed by atoms with van der Waals surface area (Å²) in [5, 5.41) is 2.86. The Labute approximate surface area is 180 Å². The van der Waals surface area contributed by atoms with Crippen molar-refractivity contribution in [2.24, 2.45) is 17.8 Å². The fourth-order valence-electron chi connectivity index (χ4n) is 4.06. The van der Waals surface area contributed by atoms with E-state index >= 15 is 0 Å². The van der Waals surface area contributed by atoms with Crippen molar-refractivity contribution in [1.29, 1.82) is 0 Å². The van der Waals surface area contributed by atoms with E-state index in [4.69, 9.17) is 0 Å². The van der Waals surface area contributed by atoms with Gasteiger partial charge in [-0.15, -0.1) is 0 Å². The molecule has 1 aliphatic carbocycles. The van der Waals surface area contributed by atoms with Crippen molar-refractivity contribution in [3.63, 3.8) is 0 Å². The molecular formula is C27H45NO. The van der Waals surface area contributed by atoms with Gasteiger partial charge in [-0.1, -0.05) is 68.9 Å². The first-order valence-electron chi connectivity index (χ1n) is 12.1. The highest BCUT2D eigenvalue weighted by Crippen LogP contribution is 2.35. The largest absolute Gasteiger partial charge is 0.356 e. The maximum atomic E-state index is 11.4. The van der Waals surface area contributed by atoms with Gasteiger partial charge in [0.05, 0.1) is 0 Å². The third-order valence-corrected chi connectivity index (χ3v) is 5.81. The Morgan fingerprint density at radius 2 is 1.86 bits per heavy atom. The summed E-state index contributed by atoms with van der Waals surface area (Å²) < 4.78 is 0. The second kappa shape index (κ2) is 17.3. The molecule has 1 N–H and O–H groups in total. The maximum absolute atomic E-state index is 11.4. The van der Waals surface area contributed by atoms with Gasteiger partial charge in [-0.25, -0.2) is 0 Å².